The summed E-state index contributed by atoms with van der Waals surface area (Å²) in [6.45, 7) is 6.57. The minimum Gasteiger partial charge on any atom is -0.490 e. The molecule has 0 saturated heterocycles. The van der Waals surface area contributed by atoms with E-state index < -0.39 is 11.6 Å². The third-order valence-corrected chi connectivity index (χ3v) is 3.98. The molecule has 3 N–H and O–H groups in total. The summed E-state index contributed by atoms with van der Waals surface area (Å²) in [5, 5.41) is 2.78. The van der Waals surface area contributed by atoms with Crippen molar-refractivity contribution >= 4 is 17.7 Å². The lowest BCUT2D eigenvalue weighted by Gasteiger charge is -2.26. The molecule has 146 valence electrons. The molecule has 0 bridgehead atoms. The minimum absolute atomic E-state index is 0.0455. The van der Waals surface area contributed by atoms with Crippen LogP contribution in [-0.2, 0) is 0 Å². The Hall–Kier alpha value is -2.38. The predicted molar refractivity (Wildman–Crippen MR) is 105 cm³/mol. The van der Waals surface area contributed by atoms with Crippen LogP contribution in [-0.4, -0.2) is 35.3 Å². The van der Waals surface area contributed by atoms with Gasteiger partial charge in [-0.1, -0.05) is 25.4 Å². The summed E-state index contributed by atoms with van der Waals surface area (Å²) < 4.78 is 10.8. The molecule has 0 spiro atoms. The van der Waals surface area contributed by atoms with Gasteiger partial charge in [0.2, 0.25) is 0 Å². The van der Waals surface area contributed by atoms with Crippen molar-refractivity contribution < 1.29 is 14.3 Å². The second-order valence-corrected chi connectivity index (χ2v) is 7.46. The van der Waals surface area contributed by atoms with Crippen LogP contribution in [0.2, 0.25) is 5.02 Å². The van der Waals surface area contributed by atoms with Crippen molar-refractivity contribution in [2.24, 2.45) is 11.7 Å². The quantitative estimate of drug-likeness (QED) is 0.745. The van der Waals surface area contributed by atoms with Crippen LogP contribution >= 0.6 is 11.6 Å². The van der Waals surface area contributed by atoms with E-state index in [0.29, 0.717) is 29.0 Å². The second kappa shape index (κ2) is 9.01. The van der Waals surface area contributed by atoms with Crippen LogP contribution in [0.3, 0.4) is 0 Å². The normalized spacial score (nSPS) is 13.1. The van der Waals surface area contributed by atoms with Crippen molar-refractivity contribution in [2.75, 3.05) is 13.7 Å². The molecule has 8 heteroatoms. The first-order valence-electron chi connectivity index (χ1n) is 8.64. The Bertz CT molecular complexity index is 796. The van der Waals surface area contributed by atoms with Crippen LogP contribution in [0.5, 0.6) is 11.8 Å². The maximum absolute atomic E-state index is 11.3. The van der Waals surface area contributed by atoms with Gasteiger partial charge in [0.1, 0.15) is 12.4 Å². The molecule has 7 nitrogen and oxygen atoms in total. The summed E-state index contributed by atoms with van der Waals surface area (Å²) >= 11 is 6.36. The van der Waals surface area contributed by atoms with Gasteiger partial charge in [-0.05, 0) is 43.5 Å². The number of halogens is 1. The Balaban J connectivity index is 2.12. The van der Waals surface area contributed by atoms with E-state index in [0.717, 1.165) is 12.0 Å². The van der Waals surface area contributed by atoms with Gasteiger partial charge >= 0.3 is 12.1 Å². The summed E-state index contributed by atoms with van der Waals surface area (Å²) in [5.74, 6) is 1.03. The van der Waals surface area contributed by atoms with Crippen molar-refractivity contribution in [3.8, 4) is 23.0 Å². The molecule has 0 aliphatic rings. The zero-order chi connectivity index (χ0) is 20.0. The highest BCUT2D eigenvalue weighted by atomic mass is 35.5. The first-order valence-corrected chi connectivity index (χ1v) is 9.02. The van der Waals surface area contributed by atoms with Crippen LogP contribution in [0.4, 0.5) is 4.79 Å². The van der Waals surface area contributed by atoms with E-state index in [1.54, 1.807) is 18.2 Å². The second-order valence-electron chi connectivity index (χ2n) is 7.05. The van der Waals surface area contributed by atoms with Crippen LogP contribution in [0.15, 0.2) is 30.5 Å². The van der Waals surface area contributed by atoms with Crippen LogP contribution < -0.4 is 20.5 Å². The third kappa shape index (κ3) is 6.37. The number of carbonyl (C=O) groups excluding carboxylic acids is 1. The smallest absolute Gasteiger partial charge is 0.414 e. The van der Waals surface area contributed by atoms with Crippen molar-refractivity contribution in [1.29, 1.82) is 0 Å². The lowest BCUT2D eigenvalue weighted by Crippen LogP contribution is -2.43. The first-order chi connectivity index (χ1) is 12.7. The lowest BCUT2D eigenvalue weighted by molar-refractivity contribution is 0.199. The number of carbonyl (C=O) groups is 1. The van der Waals surface area contributed by atoms with Crippen LogP contribution in [0.1, 0.15) is 27.2 Å². The maximum Gasteiger partial charge on any atom is 0.414 e. The molecule has 0 aliphatic carbocycles. The van der Waals surface area contributed by atoms with E-state index in [9.17, 15) is 4.79 Å². The molecule has 0 unspecified atom stereocenters. The van der Waals surface area contributed by atoms with Gasteiger partial charge in [0.25, 0.3) is 0 Å². The largest absolute Gasteiger partial charge is 0.490 e. The summed E-state index contributed by atoms with van der Waals surface area (Å²) in [7, 11) is 1.46. The topological polar surface area (TPSA) is 99.4 Å². The van der Waals surface area contributed by atoms with Gasteiger partial charge in [0.15, 0.2) is 0 Å². The monoisotopic (exact) mass is 392 g/mol. The number of hydrogen-bond acceptors (Lipinski definition) is 6. The molecule has 2 rings (SSSR count). The van der Waals surface area contributed by atoms with Crippen LogP contribution in [0.25, 0.3) is 11.3 Å². The Labute approximate surface area is 164 Å². The summed E-state index contributed by atoms with van der Waals surface area (Å²) in [5.41, 5.74) is 7.15. The predicted octanol–water partition coefficient (Wildman–Crippen LogP) is 3.66. The fourth-order valence-corrected chi connectivity index (χ4v) is 2.93. The molecular formula is C19H25ClN4O3. The Morgan fingerprint density at radius 2 is 2.11 bits per heavy atom. The number of nitrogens with zero attached hydrogens (tertiary/aromatic N) is 2. The summed E-state index contributed by atoms with van der Waals surface area (Å²) in [6.07, 6.45) is 1.71. The molecular weight excluding hydrogens is 368 g/mol. The zero-order valence-electron chi connectivity index (χ0n) is 16.0. The van der Waals surface area contributed by atoms with Gasteiger partial charge in [-0.3, -0.25) is 0 Å². The molecule has 1 aromatic carbocycles. The maximum atomic E-state index is 11.3. The number of hydrogen-bond donors (Lipinski definition) is 2. The van der Waals surface area contributed by atoms with Crippen molar-refractivity contribution in [3.05, 3.63) is 35.5 Å². The van der Waals surface area contributed by atoms with Gasteiger partial charge in [-0.25, -0.2) is 9.78 Å². The van der Waals surface area contributed by atoms with E-state index in [-0.39, 0.29) is 6.01 Å². The lowest BCUT2D eigenvalue weighted by atomic mass is 9.93. The number of benzene rings is 1. The van der Waals surface area contributed by atoms with Crippen LogP contribution in [0, 0.1) is 5.92 Å². The number of rotatable bonds is 7. The standard InChI is InChI=1S/C19H25ClN4O3/c1-12(2)10-19(3,21)11-26-16-6-5-13(9-14(16)20)15-7-8-23-17(24-15)27-18(25)22-4/h5-9,12H,10-11,21H2,1-4H3,(H,22,25)/t19-/m0/s1. The summed E-state index contributed by atoms with van der Waals surface area (Å²) in [6, 6.07) is 6.98. The first kappa shape index (κ1) is 20.9. The molecule has 0 saturated carbocycles. The van der Waals surface area contributed by atoms with Gasteiger partial charge in [0, 0.05) is 24.3 Å². The Morgan fingerprint density at radius 1 is 1.37 bits per heavy atom. The fourth-order valence-electron chi connectivity index (χ4n) is 2.70. The zero-order valence-corrected chi connectivity index (χ0v) is 16.7. The molecule has 0 radical (unpaired) electrons. The van der Waals surface area contributed by atoms with Gasteiger partial charge in [0.05, 0.1) is 10.7 Å². The summed E-state index contributed by atoms with van der Waals surface area (Å²) in [4.78, 5) is 19.4. The number of ether oxygens (including phenoxy) is 2. The SMILES string of the molecule is CNC(=O)Oc1nccc(-c2ccc(OC[C@@](C)(N)CC(C)C)c(Cl)c2)n1. The van der Waals surface area contributed by atoms with Crippen molar-refractivity contribution in [3.63, 3.8) is 0 Å². The van der Waals surface area contributed by atoms with E-state index in [4.69, 9.17) is 26.8 Å². The Morgan fingerprint density at radius 3 is 2.74 bits per heavy atom. The number of nitrogens with two attached hydrogens (primary N) is 1. The minimum atomic E-state index is -0.639. The average molecular weight is 393 g/mol. The fraction of sp³-hybridized carbons (Fsp3) is 0.421. The van der Waals surface area contributed by atoms with E-state index in [1.165, 1.54) is 13.2 Å². The van der Waals surface area contributed by atoms with E-state index in [2.05, 4.69) is 29.1 Å². The molecule has 0 fully saturated rings. The van der Waals surface area contributed by atoms with Gasteiger partial charge in [-0.2, -0.15) is 4.98 Å². The molecule has 1 atom stereocenters. The van der Waals surface area contributed by atoms with E-state index >= 15 is 0 Å². The van der Waals surface area contributed by atoms with Crippen molar-refractivity contribution in [1.82, 2.24) is 15.3 Å². The molecule has 1 amide bonds. The third-order valence-electron chi connectivity index (χ3n) is 3.68. The Kier molecular flexibility index (Phi) is 6.98. The number of nitrogens with one attached hydrogen (secondary N) is 1. The molecule has 1 heterocycles. The van der Waals surface area contributed by atoms with Gasteiger partial charge in [-0.15, -0.1) is 0 Å². The molecule has 2 aromatic rings. The molecule has 0 aliphatic heterocycles. The highest BCUT2D eigenvalue weighted by molar-refractivity contribution is 6.32. The van der Waals surface area contributed by atoms with Crippen molar-refractivity contribution in [2.45, 2.75) is 32.7 Å². The average Bonchev–Trinajstić information content (AvgIpc) is 2.59. The number of aromatic nitrogens is 2. The van der Waals surface area contributed by atoms with E-state index in [1.807, 2.05) is 13.0 Å². The highest BCUT2D eigenvalue weighted by Gasteiger charge is 2.21. The molecule has 27 heavy (non-hydrogen) atoms. The number of amides is 1. The van der Waals surface area contributed by atoms with Gasteiger partial charge < -0.3 is 20.5 Å². The highest BCUT2D eigenvalue weighted by Crippen LogP contribution is 2.30. The molecule has 1 aromatic heterocycles.